The summed E-state index contributed by atoms with van der Waals surface area (Å²) in [5.41, 5.74) is 0.880. The van der Waals surface area contributed by atoms with Crippen LogP contribution in [0.25, 0.3) is 5.78 Å². The van der Waals surface area contributed by atoms with Crippen molar-refractivity contribution >= 4 is 17.5 Å². The summed E-state index contributed by atoms with van der Waals surface area (Å²) in [4.78, 5) is 8.38. The Bertz CT molecular complexity index is 614. The number of nitrogens with zero attached hydrogens (tertiary/aromatic N) is 5. The molecule has 0 atom stereocenters. The first kappa shape index (κ1) is 10.3. The Morgan fingerprint density at radius 3 is 3.18 bits per heavy atom. The van der Waals surface area contributed by atoms with Gasteiger partial charge in [-0.25, -0.2) is 9.50 Å². The second-order valence-electron chi connectivity index (χ2n) is 3.48. The molecule has 0 aliphatic carbocycles. The largest absolute Gasteiger partial charge is 0.360 e. The molecule has 0 spiro atoms. The van der Waals surface area contributed by atoms with Crippen LogP contribution in [-0.2, 0) is 5.75 Å². The third-order valence-corrected chi connectivity index (χ3v) is 2.98. The highest BCUT2D eigenvalue weighted by atomic mass is 32.2. The van der Waals surface area contributed by atoms with Gasteiger partial charge in [0.05, 0.1) is 11.4 Å². The first-order valence-electron chi connectivity index (χ1n) is 5.04. The summed E-state index contributed by atoms with van der Waals surface area (Å²) in [6.07, 6.45) is 3.51. The highest BCUT2D eigenvalue weighted by Crippen LogP contribution is 2.19. The molecule has 0 radical (unpaired) electrons. The van der Waals surface area contributed by atoms with E-state index in [0.29, 0.717) is 16.7 Å². The van der Waals surface area contributed by atoms with Crippen LogP contribution in [0, 0.1) is 6.92 Å². The van der Waals surface area contributed by atoms with Crippen molar-refractivity contribution in [3.8, 4) is 0 Å². The highest BCUT2D eigenvalue weighted by Gasteiger charge is 2.07. The SMILES string of the molecule is Cc1cc(CSc2nc3ncccn3n2)on1. The van der Waals surface area contributed by atoms with Crippen molar-refractivity contribution in [1.82, 2.24) is 24.7 Å². The molecule has 0 saturated heterocycles. The van der Waals surface area contributed by atoms with Crippen LogP contribution in [0.15, 0.2) is 34.2 Å². The minimum atomic E-state index is 0.601. The number of rotatable bonds is 3. The van der Waals surface area contributed by atoms with E-state index in [0.717, 1.165) is 11.5 Å². The Morgan fingerprint density at radius 2 is 2.41 bits per heavy atom. The molecule has 0 amide bonds. The van der Waals surface area contributed by atoms with Gasteiger partial charge in [0.2, 0.25) is 5.16 Å². The Hall–Kier alpha value is -1.89. The van der Waals surface area contributed by atoms with Crippen LogP contribution in [-0.4, -0.2) is 24.7 Å². The van der Waals surface area contributed by atoms with Gasteiger partial charge in [-0.15, -0.1) is 5.10 Å². The van der Waals surface area contributed by atoms with Crippen LogP contribution < -0.4 is 0 Å². The van der Waals surface area contributed by atoms with Crippen molar-refractivity contribution in [3.05, 3.63) is 36.0 Å². The lowest BCUT2D eigenvalue weighted by Gasteiger charge is -1.89. The second-order valence-corrected chi connectivity index (χ2v) is 4.42. The van der Waals surface area contributed by atoms with Crippen LogP contribution in [0.1, 0.15) is 11.5 Å². The van der Waals surface area contributed by atoms with Gasteiger partial charge < -0.3 is 4.52 Å². The number of thioether (sulfide) groups is 1. The molecule has 0 aliphatic heterocycles. The molecule has 0 saturated carbocycles. The van der Waals surface area contributed by atoms with Crippen molar-refractivity contribution in [2.45, 2.75) is 17.8 Å². The van der Waals surface area contributed by atoms with Gasteiger partial charge in [0.25, 0.3) is 5.78 Å². The lowest BCUT2D eigenvalue weighted by molar-refractivity contribution is 0.391. The summed E-state index contributed by atoms with van der Waals surface area (Å²) < 4.78 is 6.76. The first-order valence-corrected chi connectivity index (χ1v) is 6.02. The fourth-order valence-corrected chi connectivity index (χ4v) is 2.09. The summed E-state index contributed by atoms with van der Waals surface area (Å²) in [6.45, 7) is 1.89. The average molecular weight is 247 g/mol. The van der Waals surface area contributed by atoms with Crippen LogP contribution in [0.5, 0.6) is 0 Å². The van der Waals surface area contributed by atoms with E-state index in [2.05, 4.69) is 20.2 Å². The monoisotopic (exact) mass is 247 g/mol. The topological polar surface area (TPSA) is 69.1 Å². The molecule has 0 unspecified atom stereocenters. The quantitative estimate of drug-likeness (QED) is 0.656. The van der Waals surface area contributed by atoms with Gasteiger partial charge in [-0.05, 0) is 13.0 Å². The van der Waals surface area contributed by atoms with Gasteiger partial charge in [-0.1, -0.05) is 16.9 Å². The zero-order valence-corrected chi connectivity index (χ0v) is 9.89. The van der Waals surface area contributed by atoms with Crippen LogP contribution in [0.4, 0.5) is 0 Å². The van der Waals surface area contributed by atoms with E-state index in [1.807, 2.05) is 25.3 Å². The van der Waals surface area contributed by atoms with Crippen molar-refractivity contribution in [2.75, 3.05) is 0 Å². The molecule has 17 heavy (non-hydrogen) atoms. The van der Waals surface area contributed by atoms with Gasteiger partial charge in [0.1, 0.15) is 5.76 Å². The third-order valence-electron chi connectivity index (χ3n) is 2.12. The standard InChI is InChI=1S/C10H9N5OS/c1-7-5-8(16-14-7)6-17-10-12-9-11-3-2-4-15(9)13-10/h2-5H,6H2,1H3. The van der Waals surface area contributed by atoms with E-state index >= 15 is 0 Å². The zero-order chi connectivity index (χ0) is 11.7. The highest BCUT2D eigenvalue weighted by molar-refractivity contribution is 7.98. The molecule has 0 bridgehead atoms. The molecule has 3 aromatic rings. The lowest BCUT2D eigenvalue weighted by Crippen LogP contribution is -1.87. The molecule has 7 heteroatoms. The molecule has 0 fully saturated rings. The Labute approximate surface area is 101 Å². The molecule has 3 heterocycles. The number of aryl methyl sites for hydroxylation is 1. The molecule has 3 rings (SSSR count). The van der Waals surface area contributed by atoms with Crippen LogP contribution >= 0.6 is 11.8 Å². The maximum atomic E-state index is 5.11. The van der Waals surface area contributed by atoms with Gasteiger partial charge in [0.15, 0.2) is 0 Å². The molecule has 0 aliphatic rings. The summed E-state index contributed by atoms with van der Waals surface area (Å²) in [5, 5.41) is 8.78. The maximum Gasteiger partial charge on any atom is 0.253 e. The predicted molar refractivity (Wildman–Crippen MR) is 61.6 cm³/mol. The number of fused-ring (bicyclic) bond motifs is 1. The number of hydrogen-bond donors (Lipinski definition) is 0. The summed E-state index contributed by atoms with van der Waals surface area (Å²) in [5.74, 6) is 2.08. The van der Waals surface area contributed by atoms with Gasteiger partial charge in [-0.3, -0.25) is 0 Å². The number of aromatic nitrogens is 5. The minimum absolute atomic E-state index is 0.601. The first-order chi connectivity index (χ1) is 8.31. The van der Waals surface area contributed by atoms with Crippen molar-refractivity contribution in [3.63, 3.8) is 0 Å². The van der Waals surface area contributed by atoms with E-state index in [-0.39, 0.29) is 0 Å². The maximum absolute atomic E-state index is 5.11. The molecule has 0 aromatic carbocycles. The Balaban J connectivity index is 1.76. The van der Waals surface area contributed by atoms with Crippen molar-refractivity contribution in [2.24, 2.45) is 0 Å². The van der Waals surface area contributed by atoms with Crippen molar-refractivity contribution in [1.29, 1.82) is 0 Å². The number of hydrogen-bond acceptors (Lipinski definition) is 6. The molecule has 6 nitrogen and oxygen atoms in total. The summed E-state index contributed by atoms with van der Waals surface area (Å²) in [6, 6.07) is 3.72. The summed E-state index contributed by atoms with van der Waals surface area (Å²) in [7, 11) is 0. The Kier molecular flexibility index (Phi) is 2.52. The normalized spacial score (nSPS) is 11.1. The van der Waals surface area contributed by atoms with Gasteiger partial charge >= 0.3 is 0 Å². The summed E-state index contributed by atoms with van der Waals surface area (Å²) >= 11 is 1.50. The van der Waals surface area contributed by atoms with Gasteiger partial charge in [0, 0.05) is 18.5 Å². The minimum Gasteiger partial charge on any atom is -0.360 e. The smallest absolute Gasteiger partial charge is 0.253 e. The van der Waals surface area contributed by atoms with Crippen molar-refractivity contribution < 1.29 is 4.52 Å². The molecular weight excluding hydrogens is 238 g/mol. The predicted octanol–water partition coefficient (Wildman–Crippen LogP) is 1.71. The third kappa shape index (κ3) is 2.14. The fraction of sp³-hybridized carbons (Fsp3) is 0.200. The van der Waals surface area contributed by atoms with E-state index < -0.39 is 0 Å². The zero-order valence-electron chi connectivity index (χ0n) is 9.07. The van der Waals surface area contributed by atoms with Crippen LogP contribution in [0.3, 0.4) is 0 Å². The molecule has 3 aromatic heterocycles. The van der Waals surface area contributed by atoms with E-state index in [1.54, 1.807) is 10.7 Å². The molecule has 86 valence electrons. The second kappa shape index (κ2) is 4.17. The molecular formula is C10H9N5OS. The van der Waals surface area contributed by atoms with Gasteiger partial charge in [-0.2, -0.15) is 4.98 Å². The van der Waals surface area contributed by atoms with E-state index in [1.165, 1.54) is 11.8 Å². The lowest BCUT2D eigenvalue weighted by atomic mass is 10.4. The molecule has 0 N–H and O–H groups in total. The van der Waals surface area contributed by atoms with Crippen LogP contribution in [0.2, 0.25) is 0 Å². The average Bonchev–Trinajstić information content (AvgIpc) is 2.91. The fourth-order valence-electron chi connectivity index (χ4n) is 1.39. The van der Waals surface area contributed by atoms with E-state index in [4.69, 9.17) is 4.52 Å². The van der Waals surface area contributed by atoms with E-state index in [9.17, 15) is 0 Å². The Morgan fingerprint density at radius 1 is 1.47 bits per heavy atom.